The molecule has 1 aromatic carbocycles. The molecule has 0 bridgehead atoms. The quantitative estimate of drug-likeness (QED) is 0.667. The van der Waals surface area contributed by atoms with Gasteiger partial charge in [-0.3, -0.25) is 4.79 Å². The van der Waals surface area contributed by atoms with E-state index in [9.17, 15) is 4.79 Å². The summed E-state index contributed by atoms with van der Waals surface area (Å²) in [5.74, 6) is 0.728. The lowest BCUT2D eigenvalue weighted by Crippen LogP contribution is -2.28. The molecular formula is C16H17N7O2S. The first-order valence-corrected chi connectivity index (χ1v) is 9.02. The summed E-state index contributed by atoms with van der Waals surface area (Å²) in [7, 11) is 3.98. The molecule has 9 nitrogen and oxygen atoms in total. The molecule has 1 atom stereocenters. The zero-order chi connectivity index (χ0) is 18.1. The van der Waals surface area contributed by atoms with Gasteiger partial charge in [0, 0.05) is 19.8 Å². The number of carbonyl (C=O) groups is 1. The molecule has 1 saturated heterocycles. The monoisotopic (exact) mass is 371 g/mol. The Morgan fingerprint density at radius 2 is 1.92 bits per heavy atom. The lowest BCUT2D eigenvalue weighted by atomic mass is 10.2. The van der Waals surface area contributed by atoms with Gasteiger partial charge in [-0.25, -0.2) is 4.90 Å². The second kappa shape index (κ2) is 6.79. The molecule has 2 aromatic heterocycles. The Hall–Kier alpha value is -2.88. The van der Waals surface area contributed by atoms with Gasteiger partial charge in [-0.1, -0.05) is 17.2 Å². The normalized spacial score (nSPS) is 17.1. The first-order valence-electron chi connectivity index (χ1n) is 7.97. The number of hydrogen-bond donors (Lipinski definition) is 0. The topological polar surface area (TPSA) is 93.2 Å². The van der Waals surface area contributed by atoms with Crippen molar-refractivity contribution in [3.8, 4) is 0 Å². The lowest BCUT2D eigenvalue weighted by Gasteiger charge is -2.21. The van der Waals surface area contributed by atoms with E-state index in [4.69, 9.17) is 4.42 Å². The molecule has 1 aliphatic rings. The Labute approximate surface area is 154 Å². The minimum atomic E-state index is -0.179. The van der Waals surface area contributed by atoms with Crippen molar-refractivity contribution in [2.45, 2.75) is 11.9 Å². The number of anilines is 2. The maximum atomic E-state index is 12.4. The fourth-order valence-electron chi connectivity index (χ4n) is 2.68. The number of thioether (sulfide) groups is 1. The van der Waals surface area contributed by atoms with Gasteiger partial charge in [0.2, 0.25) is 11.8 Å². The van der Waals surface area contributed by atoms with Gasteiger partial charge in [-0.15, -0.1) is 27.1 Å². The molecule has 1 aliphatic heterocycles. The highest BCUT2D eigenvalue weighted by molar-refractivity contribution is 8.00. The van der Waals surface area contributed by atoms with Crippen LogP contribution in [0, 0.1) is 0 Å². The summed E-state index contributed by atoms with van der Waals surface area (Å²) in [4.78, 5) is 16.0. The van der Waals surface area contributed by atoms with E-state index >= 15 is 0 Å². The van der Waals surface area contributed by atoms with Crippen molar-refractivity contribution in [1.29, 1.82) is 0 Å². The fourth-order valence-corrected chi connectivity index (χ4v) is 3.83. The highest BCUT2D eigenvalue weighted by atomic mass is 32.2. The standard InChI is InChI=1S/C16H17N7O2S/c1-21(2)12-5-3-11(4-6-12)15-23(14(24)8-26-15)16-20-19-13(25-16)7-22-9-17-18-10-22/h3-6,9-10,15H,7-8H2,1-2H3. The van der Waals surface area contributed by atoms with Crippen LogP contribution in [0.1, 0.15) is 16.8 Å². The maximum absolute atomic E-state index is 12.4. The van der Waals surface area contributed by atoms with Crippen molar-refractivity contribution in [3.63, 3.8) is 0 Å². The van der Waals surface area contributed by atoms with E-state index in [0.29, 0.717) is 18.2 Å². The summed E-state index contributed by atoms with van der Waals surface area (Å²) in [5.41, 5.74) is 2.12. The summed E-state index contributed by atoms with van der Waals surface area (Å²) >= 11 is 1.55. The van der Waals surface area contributed by atoms with E-state index in [2.05, 4.69) is 20.4 Å². The Kier molecular flexibility index (Phi) is 4.33. The number of benzene rings is 1. The smallest absolute Gasteiger partial charge is 0.326 e. The molecule has 4 rings (SSSR count). The number of nitrogens with zero attached hydrogens (tertiary/aromatic N) is 7. The third-order valence-electron chi connectivity index (χ3n) is 4.01. The number of hydrogen-bond acceptors (Lipinski definition) is 8. The molecule has 134 valence electrons. The molecule has 26 heavy (non-hydrogen) atoms. The zero-order valence-electron chi connectivity index (χ0n) is 14.3. The van der Waals surface area contributed by atoms with Gasteiger partial charge in [0.1, 0.15) is 24.6 Å². The van der Waals surface area contributed by atoms with Crippen molar-refractivity contribution in [3.05, 3.63) is 48.4 Å². The first kappa shape index (κ1) is 16.6. The highest BCUT2D eigenvalue weighted by Crippen LogP contribution is 2.41. The molecule has 3 aromatic rings. The molecule has 3 heterocycles. The fraction of sp³-hybridized carbons (Fsp3) is 0.312. The molecule has 1 fully saturated rings. The summed E-state index contributed by atoms with van der Waals surface area (Å²) in [6.07, 6.45) is 3.13. The van der Waals surface area contributed by atoms with Crippen molar-refractivity contribution < 1.29 is 9.21 Å². The van der Waals surface area contributed by atoms with Gasteiger partial charge in [0.05, 0.1) is 5.75 Å². The molecule has 1 amide bonds. The van der Waals surface area contributed by atoms with E-state index < -0.39 is 0 Å². The largest absolute Gasteiger partial charge is 0.406 e. The Bertz CT molecular complexity index is 892. The number of carbonyl (C=O) groups excluding carboxylic acids is 1. The van der Waals surface area contributed by atoms with E-state index in [1.54, 1.807) is 33.9 Å². The zero-order valence-corrected chi connectivity index (χ0v) is 15.1. The summed E-state index contributed by atoms with van der Waals surface area (Å²) in [6.45, 7) is 0.359. The van der Waals surface area contributed by atoms with Crippen LogP contribution >= 0.6 is 11.8 Å². The molecule has 0 radical (unpaired) electrons. The molecule has 0 spiro atoms. The van der Waals surface area contributed by atoms with Crippen molar-refractivity contribution in [1.82, 2.24) is 25.0 Å². The van der Waals surface area contributed by atoms with Gasteiger partial charge in [-0.05, 0) is 17.7 Å². The van der Waals surface area contributed by atoms with Crippen LogP contribution in [0.5, 0.6) is 0 Å². The molecule has 0 saturated carbocycles. The minimum Gasteiger partial charge on any atom is -0.406 e. The predicted octanol–water partition coefficient (Wildman–Crippen LogP) is 1.55. The molecule has 0 N–H and O–H groups in total. The van der Waals surface area contributed by atoms with Gasteiger partial charge in [-0.2, -0.15) is 0 Å². The van der Waals surface area contributed by atoms with Crippen LogP contribution in [0.2, 0.25) is 0 Å². The summed E-state index contributed by atoms with van der Waals surface area (Å²) in [6, 6.07) is 8.31. The molecular weight excluding hydrogens is 354 g/mol. The van der Waals surface area contributed by atoms with E-state index in [-0.39, 0.29) is 17.3 Å². The van der Waals surface area contributed by atoms with Crippen molar-refractivity contribution in [2.75, 3.05) is 29.6 Å². The van der Waals surface area contributed by atoms with E-state index in [1.165, 1.54) is 0 Å². The van der Waals surface area contributed by atoms with Gasteiger partial charge in [0.15, 0.2) is 0 Å². The number of aromatic nitrogens is 5. The highest BCUT2D eigenvalue weighted by Gasteiger charge is 2.37. The molecule has 1 unspecified atom stereocenters. The lowest BCUT2D eigenvalue weighted by molar-refractivity contribution is -0.116. The summed E-state index contributed by atoms with van der Waals surface area (Å²) < 4.78 is 7.43. The Morgan fingerprint density at radius 1 is 1.19 bits per heavy atom. The number of rotatable bonds is 5. The second-order valence-corrected chi connectivity index (χ2v) is 7.09. The van der Waals surface area contributed by atoms with Crippen molar-refractivity contribution >= 4 is 29.4 Å². The molecule has 0 aliphatic carbocycles. The average Bonchev–Trinajstić information content (AvgIpc) is 3.37. The van der Waals surface area contributed by atoms with Gasteiger partial charge >= 0.3 is 6.01 Å². The van der Waals surface area contributed by atoms with Crippen LogP contribution in [-0.4, -0.2) is 50.7 Å². The SMILES string of the molecule is CN(C)c1ccc(C2SCC(=O)N2c2nnc(Cn3cnnc3)o2)cc1. The van der Waals surface area contributed by atoms with Gasteiger partial charge < -0.3 is 13.9 Å². The summed E-state index contributed by atoms with van der Waals surface area (Å²) in [5, 5.41) is 15.4. The van der Waals surface area contributed by atoms with E-state index in [1.807, 2.05) is 43.3 Å². The van der Waals surface area contributed by atoms with Gasteiger partial charge in [0.25, 0.3) is 0 Å². The van der Waals surface area contributed by atoms with Crippen LogP contribution in [0.25, 0.3) is 0 Å². The maximum Gasteiger partial charge on any atom is 0.326 e. The molecule has 10 heteroatoms. The number of amides is 1. The van der Waals surface area contributed by atoms with Crippen LogP contribution in [0.3, 0.4) is 0 Å². The minimum absolute atomic E-state index is 0.0452. The van der Waals surface area contributed by atoms with Crippen LogP contribution in [0.15, 0.2) is 41.3 Å². The van der Waals surface area contributed by atoms with Crippen LogP contribution in [0.4, 0.5) is 11.7 Å². The Morgan fingerprint density at radius 3 is 2.62 bits per heavy atom. The third-order valence-corrected chi connectivity index (χ3v) is 5.22. The first-order chi connectivity index (χ1) is 12.6. The van der Waals surface area contributed by atoms with Crippen LogP contribution in [-0.2, 0) is 11.3 Å². The predicted molar refractivity (Wildman–Crippen MR) is 96.9 cm³/mol. The van der Waals surface area contributed by atoms with Crippen molar-refractivity contribution in [2.24, 2.45) is 0 Å². The van der Waals surface area contributed by atoms with E-state index in [0.717, 1.165) is 11.3 Å². The third kappa shape index (κ3) is 3.15. The second-order valence-electron chi connectivity index (χ2n) is 6.03. The van der Waals surface area contributed by atoms with Crippen LogP contribution < -0.4 is 9.80 Å². The Balaban J connectivity index is 1.57. The average molecular weight is 371 g/mol.